The summed E-state index contributed by atoms with van der Waals surface area (Å²) in [6, 6.07) is 4.99. The Hall–Kier alpha value is -1.82. The van der Waals surface area contributed by atoms with E-state index in [9.17, 15) is 13.2 Å². The van der Waals surface area contributed by atoms with Crippen molar-refractivity contribution in [2.75, 3.05) is 6.54 Å². The van der Waals surface area contributed by atoms with E-state index in [1.54, 1.807) is 4.68 Å². The van der Waals surface area contributed by atoms with Gasteiger partial charge in [0.05, 0.1) is 16.9 Å². The van der Waals surface area contributed by atoms with E-state index in [0.717, 1.165) is 29.1 Å². The van der Waals surface area contributed by atoms with Gasteiger partial charge in [-0.2, -0.15) is 18.3 Å². The van der Waals surface area contributed by atoms with E-state index in [0.29, 0.717) is 12.2 Å². The van der Waals surface area contributed by atoms with Gasteiger partial charge in [0.2, 0.25) is 0 Å². The fourth-order valence-electron chi connectivity index (χ4n) is 2.53. The van der Waals surface area contributed by atoms with Gasteiger partial charge in [-0.05, 0) is 50.6 Å². The van der Waals surface area contributed by atoms with Crippen molar-refractivity contribution >= 4 is 0 Å². The molecule has 1 unspecified atom stereocenters. The van der Waals surface area contributed by atoms with Crippen LogP contribution in [0.2, 0.25) is 0 Å². The van der Waals surface area contributed by atoms with Gasteiger partial charge in [-0.25, -0.2) is 4.68 Å². The van der Waals surface area contributed by atoms with Crippen molar-refractivity contribution in [2.45, 2.75) is 32.9 Å². The molecule has 3 nitrogen and oxygen atoms in total. The molecule has 0 saturated heterocycles. The van der Waals surface area contributed by atoms with Gasteiger partial charge in [-0.3, -0.25) is 0 Å². The van der Waals surface area contributed by atoms with Gasteiger partial charge in [0, 0.05) is 11.3 Å². The minimum absolute atomic E-state index is 0.160. The standard InChI is InChI=1S/C15H18F3N3/c1-9(8-19)14-10(2)20-21(11(14)3)13-6-4-12(5-7-13)15(16,17)18/h4-7,9H,8,19H2,1-3H3. The average Bonchev–Trinajstić information content (AvgIpc) is 2.72. The van der Waals surface area contributed by atoms with Crippen LogP contribution in [0.3, 0.4) is 0 Å². The highest BCUT2D eigenvalue weighted by Crippen LogP contribution is 2.30. The fraction of sp³-hybridized carbons (Fsp3) is 0.400. The maximum atomic E-state index is 12.6. The molecule has 1 aromatic carbocycles. The van der Waals surface area contributed by atoms with Crippen molar-refractivity contribution in [3.8, 4) is 5.69 Å². The summed E-state index contributed by atoms with van der Waals surface area (Å²) in [7, 11) is 0. The Morgan fingerprint density at radius 3 is 2.24 bits per heavy atom. The number of nitrogens with zero attached hydrogens (tertiary/aromatic N) is 2. The lowest BCUT2D eigenvalue weighted by Gasteiger charge is -2.11. The van der Waals surface area contributed by atoms with Gasteiger partial charge in [-0.15, -0.1) is 0 Å². The summed E-state index contributed by atoms with van der Waals surface area (Å²) < 4.78 is 39.4. The second-order valence-electron chi connectivity index (χ2n) is 5.18. The zero-order valence-electron chi connectivity index (χ0n) is 12.2. The summed E-state index contributed by atoms with van der Waals surface area (Å²) in [5.41, 5.74) is 8.46. The minimum Gasteiger partial charge on any atom is -0.330 e. The second kappa shape index (κ2) is 5.52. The molecule has 0 spiro atoms. The molecule has 0 aliphatic carbocycles. The molecule has 0 radical (unpaired) electrons. The lowest BCUT2D eigenvalue weighted by Crippen LogP contribution is -2.11. The SMILES string of the molecule is Cc1nn(-c2ccc(C(F)(F)F)cc2)c(C)c1C(C)CN. The molecule has 2 rings (SSSR count). The molecule has 0 fully saturated rings. The summed E-state index contributed by atoms with van der Waals surface area (Å²) in [4.78, 5) is 0. The third-order valence-corrected chi connectivity index (χ3v) is 3.63. The van der Waals surface area contributed by atoms with Crippen LogP contribution >= 0.6 is 0 Å². The Balaban J connectivity index is 2.44. The molecule has 0 saturated carbocycles. The topological polar surface area (TPSA) is 43.8 Å². The lowest BCUT2D eigenvalue weighted by atomic mass is 9.99. The highest BCUT2D eigenvalue weighted by atomic mass is 19.4. The number of alkyl halides is 3. The number of benzene rings is 1. The fourth-order valence-corrected chi connectivity index (χ4v) is 2.53. The second-order valence-corrected chi connectivity index (χ2v) is 5.18. The first-order chi connectivity index (χ1) is 9.75. The first-order valence-corrected chi connectivity index (χ1v) is 6.69. The Bertz CT molecular complexity index is 627. The molecule has 21 heavy (non-hydrogen) atoms. The summed E-state index contributed by atoms with van der Waals surface area (Å²) in [5.74, 6) is 0.160. The van der Waals surface area contributed by atoms with E-state index in [1.165, 1.54) is 12.1 Å². The molecule has 1 atom stereocenters. The Labute approximate surface area is 121 Å². The van der Waals surface area contributed by atoms with Crippen LogP contribution < -0.4 is 5.73 Å². The first kappa shape index (κ1) is 15.6. The van der Waals surface area contributed by atoms with Gasteiger partial charge in [0.15, 0.2) is 0 Å². The zero-order valence-corrected chi connectivity index (χ0v) is 12.2. The van der Waals surface area contributed by atoms with Crippen molar-refractivity contribution in [1.29, 1.82) is 0 Å². The third-order valence-electron chi connectivity index (χ3n) is 3.63. The molecule has 1 heterocycles. The number of halogens is 3. The van der Waals surface area contributed by atoms with Gasteiger partial charge in [-0.1, -0.05) is 6.92 Å². The van der Waals surface area contributed by atoms with Gasteiger partial charge < -0.3 is 5.73 Å². The Morgan fingerprint density at radius 2 is 1.76 bits per heavy atom. The van der Waals surface area contributed by atoms with Crippen LogP contribution in [-0.4, -0.2) is 16.3 Å². The van der Waals surface area contributed by atoms with E-state index < -0.39 is 11.7 Å². The molecule has 1 aromatic heterocycles. The number of aryl methyl sites for hydroxylation is 1. The van der Waals surface area contributed by atoms with E-state index in [4.69, 9.17) is 5.73 Å². The van der Waals surface area contributed by atoms with E-state index >= 15 is 0 Å². The number of nitrogens with two attached hydrogens (primary N) is 1. The number of aromatic nitrogens is 2. The highest BCUT2D eigenvalue weighted by molar-refractivity contribution is 5.40. The lowest BCUT2D eigenvalue weighted by molar-refractivity contribution is -0.137. The first-order valence-electron chi connectivity index (χ1n) is 6.69. The van der Waals surface area contributed by atoms with E-state index in [2.05, 4.69) is 5.10 Å². The number of hydrogen-bond donors (Lipinski definition) is 1. The summed E-state index contributed by atoms with van der Waals surface area (Å²) >= 11 is 0. The maximum absolute atomic E-state index is 12.6. The molecule has 0 aliphatic heterocycles. The van der Waals surface area contributed by atoms with Crippen LogP contribution in [0.1, 0.15) is 35.4 Å². The van der Waals surface area contributed by atoms with Crippen molar-refractivity contribution in [2.24, 2.45) is 5.73 Å². The zero-order chi connectivity index (χ0) is 15.8. The normalized spacial score (nSPS) is 13.5. The molecule has 114 valence electrons. The minimum atomic E-state index is -4.33. The predicted octanol–water partition coefficient (Wildman–Crippen LogP) is 3.57. The average molecular weight is 297 g/mol. The molecular weight excluding hydrogens is 279 g/mol. The van der Waals surface area contributed by atoms with Crippen LogP contribution in [0.15, 0.2) is 24.3 Å². The largest absolute Gasteiger partial charge is 0.416 e. The summed E-state index contributed by atoms with van der Waals surface area (Å²) in [6.07, 6.45) is -4.33. The maximum Gasteiger partial charge on any atom is 0.416 e. The molecular formula is C15H18F3N3. The van der Waals surface area contributed by atoms with Crippen LogP contribution in [-0.2, 0) is 6.18 Å². The smallest absolute Gasteiger partial charge is 0.330 e. The molecule has 6 heteroatoms. The number of hydrogen-bond acceptors (Lipinski definition) is 2. The molecule has 0 aliphatic rings. The van der Waals surface area contributed by atoms with Crippen molar-refractivity contribution in [3.63, 3.8) is 0 Å². The van der Waals surface area contributed by atoms with E-state index in [1.807, 2.05) is 20.8 Å². The Kier molecular flexibility index (Phi) is 4.09. The van der Waals surface area contributed by atoms with Crippen LogP contribution in [0.25, 0.3) is 5.69 Å². The monoisotopic (exact) mass is 297 g/mol. The van der Waals surface area contributed by atoms with Crippen LogP contribution in [0.5, 0.6) is 0 Å². The highest BCUT2D eigenvalue weighted by Gasteiger charge is 2.30. The molecule has 0 amide bonds. The summed E-state index contributed by atoms with van der Waals surface area (Å²) in [6.45, 7) is 6.29. The Morgan fingerprint density at radius 1 is 1.19 bits per heavy atom. The quantitative estimate of drug-likeness (QED) is 0.941. The predicted molar refractivity (Wildman–Crippen MR) is 75.5 cm³/mol. The van der Waals surface area contributed by atoms with Crippen molar-refractivity contribution in [3.05, 3.63) is 46.8 Å². The van der Waals surface area contributed by atoms with Crippen molar-refractivity contribution in [1.82, 2.24) is 9.78 Å². The molecule has 2 N–H and O–H groups in total. The van der Waals surface area contributed by atoms with Gasteiger partial charge >= 0.3 is 6.18 Å². The van der Waals surface area contributed by atoms with E-state index in [-0.39, 0.29) is 5.92 Å². The van der Waals surface area contributed by atoms with Gasteiger partial charge in [0.25, 0.3) is 0 Å². The van der Waals surface area contributed by atoms with Crippen LogP contribution in [0.4, 0.5) is 13.2 Å². The number of rotatable bonds is 3. The molecule has 2 aromatic rings. The summed E-state index contributed by atoms with van der Waals surface area (Å²) in [5, 5.41) is 4.42. The van der Waals surface area contributed by atoms with Crippen molar-refractivity contribution < 1.29 is 13.2 Å². The third kappa shape index (κ3) is 2.95. The van der Waals surface area contributed by atoms with Crippen LogP contribution in [0, 0.1) is 13.8 Å². The van der Waals surface area contributed by atoms with Gasteiger partial charge in [0.1, 0.15) is 0 Å². The molecule has 0 bridgehead atoms.